The number of ether oxygens (including phenoxy) is 2. The van der Waals surface area contributed by atoms with Crippen molar-refractivity contribution in [2.24, 2.45) is 0 Å². The SMILES string of the molecule is O=C(CCO)NCCOCCOCCNC(=O)CCCN1C(=O)C=CC1=O. The molecule has 0 saturated heterocycles. The summed E-state index contributed by atoms with van der Waals surface area (Å²) in [5.74, 6) is -1.07. The maximum atomic E-state index is 11.6. The molecule has 4 amide bonds. The molecular formula is C17H27N3O7. The second-order valence-corrected chi connectivity index (χ2v) is 5.66. The van der Waals surface area contributed by atoms with Crippen LogP contribution in [-0.4, -0.2) is 86.3 Å². The standard InChI is InChI=1S/C17H27N3O7/c21-9-5-15(23)19-7-11-27-13-12-26-10-6-18-14(22)2-1-8-20-16(24)3-4-17(20)25/h3-4,21H,1-2,5-13H2,(H,18,22)(H,19,23). The van der Waals surface area contributed by atoms with Gasteiger partial charge in [0.2, 0.25) is 11.8 Å². The fraction of sp³-hybridized carbons (Fsp3) is 0.647. The molecule has 0 aliphatic carbocycles. The molecule has 0 atom stereocenters. The van der Waals surface area contributed by atoms with Crippen molar-refractivity contribution in [2.75, 3.05) is 52.7 Å². The van der Waals surface area contributed by atoms with Crippen LogP contribution in [0, 0.1) is 0 Å². The van der Waals surface area contributed by atoms with Gasteiger partial charge in [-0.2, -0.15) is 0 Å². The van der Waals surface area contributed by atoms with Crippen LogP contribution in [0.4, 0.5) is 0 Å². The first kappa shape index (κ1) is 22.7. The summed E-state index contributed by atoms with van der Waals surface area (Å²) in [6, 6.07) is 0. The first-order chi connectivity index (χ1) is 13.0. The van der Waals surface area contributed by atoms with Gasteiger partial charge in [-0.05, 0) is 6.42 Å². The lowest BCUT2D eigenvalue weighted by atomic mass is 10.3. The molecule has 0 saturated carbocycles. The highest BCUT2D eigenvalue weighted by atomic mass is 16.5. The number of aliphatic hydroxyl groups is 1. The minimum Gasteiger partial charge on any atom is -0.396 e. The Morgan fingerprint density at radius 2 is 1.41 bits per heavy atom. The molecule has 10 nitrogen and oxygen atoms in total. The van der Waals surface area contributed by atoms with Gasteiger partial charge >= 0.3 is 0 Å². The highest BCUT2D eigenvalue weighted by Crippen LogP contribution is 2.05. The Labute approximate surface area is 157 Å². The number of aliphatic hydroxyl groups excluding tert-OH is 1. The second-order valence-electron chi connectivity index (χ2n) is 5.66. The lowest BCUT2D eigenvalue weighted by Crippen LogP contribution is -2.32. The molecule has 1 aliphatic rings. The molecule has 0 unspecified atom stereocenters. The number of hydrogen-bond acceptors (Lipinski definition) is 7. The summed E-state index contributed by atoms with van der Waals surface area (Å²) in [6.07, 6.45) is 3.16. The van der Waals surface area contributed by atoms with Crippen molar-refractivity contribution in [2.45, 2.75) is 19.3 Å². The summed E-state index contributed by atoms with van der Waals surface area (Å²) in [6.45, 7) is 2.23. The zero-order chi connectivity index (χ0) is 19.9. The van der Waals surface area contributed by atoms with Crippen LogP contribution in [0.15, 0.2) is 12.2 Å². The van der Waals surface area contributed by atoms with Gasteiger partial charge in [0.15, 0.2) is 0 Å². The van der Waals surface area contributed by atoms with Crippen LogP contribution in [0.5, 0.6) is 0 Å². The van der Waals surface area contributed by atoms with Gasteiger partial charge in [0, 0.05) is 44.6 Å². The van der Waals surface area contributed by atoms with E-state index in [4.69, 9.17) is 14.6 Å². The van der Waals surface area contributed by atoms with Crippen LogP contribution in [0.2, 0.25) is 0 Å². The lowest BCUT2D eigenvalue weighted by Gasteiger charge is -2.13. The third-order valence-corrected chi connectivity index (χ3v) is 3.53. The molecule has 0 bridgehead atoms. The summed E-state index contributed by atoms with van der Waals surface area (Å²) >= 11 is 0. The number of carbonyl (C=O) groups is 4. The summed E-state index contributed by atoms with van der Waals surface area (Å²) in [5, 5.41) is 13.8. The number of amides is 4. The van der Waals surface area contributed by atoms with Gasteiger partial charge in [-0.25, -0.2) is 0 Å². The fourth-order valence-electron chi connectivity index (χ4n) is 2.17. The van der Waals surface area contributed by atoms with Crippen molar-refractivity contribution in [3.8, 4) is 0 Å². The van der Waals surface area contributed by atoms with Gasteiger partial charge in [0.05, 0.1) is 33.0 Å². The highest BCUT2D eigenvalue weighted by Gasteiger charge is 2.22. The second kappa shape index (κ2) is 13.8. The van der Waals surface area contributed by atoms with Crippen molar-refractivity contribution in [3.05, 3.63) is 12.2 Å². The van der Waals surface area contributed by atoms with Crippen LogP contribution in [-0.2, 0) is 28.7 Å². The van der Waals surface area contributed by atoms with E-state index in [1.165, 1.54) is 12.2 Å². The smallest absolute Gasteiger partial charge is 0.253 e. The Hall–Kier alpha value is -2.30. The molecule has 152 valence electrons. The monoisotopic (exact) mass is 385 g/mol. The molecule has 1 aliphatic heterocycles. The quantitative estimate of drug-likeness (QED) is 0.227. The highest BCUT2D eigenvalue weighted by molar-refractivity contribution is 6.12. The molecule has 3 N–H and O–H groups in total. The number of hydrogen-bond donors (Lipinski definition) is 3. The average Bonchev–Trinajstić information content (AvgIpc) is 2.95. The van der Waals surface area contributed by atoms with Gasteiger partial charge in [-0.1, -0.05) is 0 Å². The molecule has 0 aromatic heterocycles. The largest absolute Gasteiger partial charge is 0.396 e. The fourth-order valence-corrected chi connectivity index (χ4v) is 2.17. The summed E-state index contributed by atoms with van der Waals surface area (Å²) in [7, 11) is 0. The van der Waals surface area contributed by atoms with Gasteiger partial charge in [0.1, 0.15) is 0 Å². The summed E-state index contributed by atoms with van der Waals surface area (Å²) in [5.41, 5.74) is 0. The zero-order valence-electron chi connectivity index (χ0n) is 15.3. The Kier molecular flexibility index (Phi) is 11.7. The summed E-state index contributed by atoms with van der Waals surface area (Å²) < 4.78 is 10.6. The van der Waals surface area contributed by atoms with E-state index < -0.39 is 0 Å². The van der Waals surface area contributed by atoms with E-state index in [0.29, 0.717) is 45.9 Å². The predicted molar refractivity (Wildman–Crippen MR) is 94.5 cm³/mol. The van der Waals surface area contributed by atoms with Crippen LogP contribution in [0.1, 0.15) is 19.3 Å². The molecule has 27 heavy (non-hydrogen) atoms. The molecule has 1 rings (SSSR count). The van der Waals surface area contributed by atoms with Crippen LogP contribution in [0.3, 0.4) is 0 Å². The molecular weight excluding hydrogens is 358 g/mol. The van der Waals surface area contributed by atoms with Crippen molar-refractivity contribution in [1.29, 1.82) is 0 Å². The van der Waals surface area contributed by atoms with E-state index in [2.05, 4.69) is 10.6 Å². The first-order valence-electron chi connectivity index (χ1n) is 8.88. The topological polar surface area (TPSA) is 134 Å². The molecule has 0 aromatic carbocycles. The molecule has 0 radical (unpaired) electrons. The minimum atomic E-state index is -0.344. The Morgan fingerprint density at radius 1 is 0.889 bits per heavy atom. The average molecular weight is 385 g/mol. The number of imide groups is 1. The molecule has 0 fully saturated rings. The van der Waals surface area contributed by atoms with E-state index in [1.54, 1.807) is 0 Å². The minimum absolute atomic E-state index is 0.0839. The molecule has 1 heterocycles. The third-order valence-electron chi connectivity index (χ3n) is 3.53. The van der Waals surface area contributed by atoms with Crippen molar-refractivity contribution in [3.63, 3.8) is 0 Å². The van der Waals surface area contributed by atoms with E-state index >= 15 is 0 Å². The van der Waals surface area contributed by atoms with Crippen LogP contribution >= 0.6 is 0 Å². The van der Waals surface area contributed by atoms with Gasteiger partial charge < -0.3 is 25.2 Å². The van der Waals surface area contributed by atoms with E-state index in [9.17, 15) is 19.2 Å². The van der Waals surface area contributed by atoms with Gasteiger partial charge in [0.25, 0.3) is 11.8 Å². The predicted octanol–water partition coefficient (Wildman–Crippen LogP) is -1.66. The normalized spacial score (nSPS) is 13.3. The lowest BCUT2D eigenvalue weighted by molar-refractivity contribution is -0.137. The number of carbonyl (C=O) groups excluding carboxylic acids is 4. The van der Waals surface area contributed by atoms with Crippen LogP contribution < -0.4 is 10.6 Å². The first-order valence-corrected chi connectivity index (χ1v) is 8.88. The molecule has 10 heteroatoms. The van der Waals surface area contributed by atoms with Crippen LogP contribution in [0.25, 0.3) is 0 Å². The molecule has 0 aromatic rings. The summed E-state index contributed by atoms with van der Waals surface area (Å²) in [4.78, 5) is 46.5. The van der Waals surface area contributed by atoms with E-state index in [1.807, 2.05) is 0 Å². The van der Waals surface area contributed by atoms with E-state index in [0.717, 1.165) is 4.90 Å². The number of rotatable bonds is 15. The van der Waals surface area contributed by atoms with Crippen molar-refractivity contribution in [1.82, 2.24) is 15.5 Å². The Bertz CT molecular complexity index is 519. The maximum Gasteiger partial charge on any atom is 0.253 e. The maximum absolute atomic E-state index is 11.6. The number of nitrogens with one attached hydrogen (secondary N) is 2. The third kappa shape index (κ3) is 10.4. The van der Waals surface area contributed by atoms with E-state index in [-0.39, 0.29) is 49.6 Å². The number of nitrogens with zero attached hydrogens (tertiary/aromatic N) is 1. The van der Waals surface area contributed by atoms with Gasteiger partial charge in [-0.3, -0.25) is 24.1 Å². The Balaban J connectivity index is 1.86. The van der Waals surface area contributed by atoms with Crippen molar-refractivity contribution < 1.29 is 33.8 Å². The van der Waals surface area contributed by atoms with Gasteiger partial charge in [-0.15, -0.1) is 0 Å². The Morgan fingerprint density at radius 3 is 1.93 bits per heavy atom. The van der Waals surface area contributed by atoms with Crippen molar-refractivity contribution >= 4 is 23.6 Å². The molecule has 0 spiro atoms. The zero-order valence-corrected chi connectivity index (χ0v) is 15.3.